The third kappa shape index (κ3) is 3.75. The molecule has 0 N–H and O–H groups in total. The zero-order valence-electron chi connectivity index (χ0n) is 11.7. The topological polar surface area (TPSA) is 26.3 Å². The number of methoxy groups -OCH3 is 1. The lowest BCUT2D eigenvalue weighted by Gasteiger charge is -2.11. The Balaban J connectivity index is 2.41. The first-order valence-electron chi connectivity index (χ1n) is 6.44. The van der Waals surface area contributed by atoms with Crippen LogP contribution in [0.15, 0.2) is 60.2 Å². The van der Waals surface area contributed by atoms with Crippen LogP contribution in [0.1, 0.15) is 15.9 Å². The van der Waals surface area contributed by atoms with Gasteiger partial charge in [0.2, 0.25) is 0 Å². The molecule has 0 aromatic heterocycles. The molecule has 0 aliphatic rings. The van der Waals surface area contributed by atoms with Crippen LogP contribution in [0, 0.1) is 0 Å². The highest BCUT2D eigenvalue weighted by atomic mass is 19.4. The molecule has 0 heterocycles. The smallest absolute Gasteiger partial charge is 0.420 e. The van der Waals surface area contributed by atoms with E-state index in [4.69, 9.17) is 4.74 Å². The van der Waals surface area contributed by atoms with Gasteiger partial charge in [0, 0.05) is 5.56 Å². The van der Waals surface area contributed by atoms with Gasteiger partial charge in [-0.25, -0.2) is 0 Å². The van der Waals surface area contributed by atoms with Gasteiger partial charge < -0.3 is 4.74 Å². The van der Waals surface area contributed by atoms with Crippen molar-refractivity contribution in [3.05, 3.63) is 71.3 Å². The van der Waals surface area contributed by atoms with Gasteiger partial charge in [-0.3, -0.25) is 4.79 Å². The van der Waals surface area contributed by atoms with Crippen molar-refractivity contribution in [1.29, 1.82) is 0 Å². The summed E-state index contributed by atoms with van der Waals surface area (Å²) in [5.74, 6) is -0.601. The highest BCUT2D eigenvalue weighted by Crippen LogP contribution is 2.30. The molecule has 0 aliphatic heterocycles. The van der Waals surface area contributed by atoms with Crippen molar-refractivity contribution in [3.8, 4) is 5.75 Å². The van der Waals surface area contributed by atoms with Gasteiger partial charge in [0.15, 0.2) is 5.78 Å². The summed E-state index contributed by atoms with van der Waals surface area (Å²) in [6.07, 6.45) is -3.88. The molecule has 2 aromatic rings. The van der Waals surface area contributed by atoms with Crippen molar-refractivity contribution >= 4 is 11.9 Å². The number of ether oxygens (including phenoxy) is 1. The van der Waals surface area contributed by atoms with Gasteiger partial charge in [-0.1, -0.05) is 30.3 Å². The van der Waals surface area contributed by atoms with E-state index in [1.54, 1.807) is 18.2 Å². The molecule has 0 saturated carbocycles. The minimum Gasteiger partial charge on any atom is -0.497 e. The molecule has 0 saturated heterocycles. The van der Waals surface area contributed by atoms with Crippen molar-refractivity contribution in [3.63, 3.8) is 0 Å². The number of Topliss-reactive ketones (excluding diaryl/α,β-unsaturated/α-hetero) is 1. The number of hydrogen-bond acceptors (Lipinski definition) is 2. The zero-order chi connectivity index (χ0) is 16.2. The lowest BCUT2D eigenvalue weighted by Crippen LogP contribution is -2.20. The molecular formula is C17H13F3O2. The first kappa shape index (κ1) is 15.8. The SMILES string of the molecule is COc1ccc(C(=O)/C(=C\c2ccccc2)C(F)(F)F)cc1. The number of carbonyl (C=O) groups is 1. The zero-order valence-corrected chi connectivity index (χ0v) is 11.7. The molecule has 0 aliphatic carbocycles. The number of ketones is 1. The maximum atomic E-state index is 13.2. The van der Waals surface area contributed by atoms with Crippen LogP contribution in [0.2, 0.25) is 0 Å². The summed E-state index contributed by atoms with van der Waals surface area (Å²) >= 11 is 0. The molecule has 0 bridgehead atoms. The molecule has 5 heteroatoms. The van der Waals surface area contributed by atoms with Gasteiger partial charge in [0.1, 0.15) is 11.3 Å². The van der Waals surface area contributed by atoms with E-state index in [9.17, 15) is 18.0 Å². The Bertz CT molecular complexity index is 671. The minimum atomic E-state index is -4.73. The minimum absolute atomic E-state index is 0.0414. The van der Waals surface area contributed by atoms with E-state index in [0.717, 1.165) is 6.08 Å². The van der Waals surface area contributed by atoms with Gasteiger partial charge in [0.25, 0.3) is 0 Å². The number of allylic oxidation sites excluding steroid dienone is 1. The van der Waals surface area contributed by atoms with Gasteiger partial charge in [-0.2, -0.15) is 13.2 Å². The summed E-state index contributed by atoms with van der Waals surface area (Å²) < 4.78 is 44.4. The second-order valence-electron chi connectivity index (χ2n) is 4.52. The van der Waals surface area contributed by atoms with Crippen LogP contribution >= 0.6 is 0 Å². The van der Waals surface area contributed by atoms with Crippen LogP contribution in [-0.4, -0.2) is 19.1 Å². The predicted molar refractivity (Wildman–Crippen MR) is 77.8 cm³/mol. The second-order valence-corrected chi connectivity index (χ2v) is 4.52. The number of benzene rings is 2. The van der Waals surface area contributed by atoms with Gasteiger partial charge in [-0.15, -0.1) is 0 Å². The van der Waals surface area contributed by atoms with Crippen molar-refractivity contribution in [2.75, 3.05) is 7.11 Å². The van der Waals surface area contributed by atoms with E-state index >= 15 is 0 Å². The molecule has 2 rings (SSSR count). The van der Waals surface area contributed by atoms with Crippen LogP contribution in [0.5, 0.6) is 5.75 Å². The normalized spacial score (nSPS) is 12.1. The van der Waals surface area contributed by atoms with Crippen LogP contribution in [0.3, 0.4) is 0 Å². The summed E-state index contributed by atoms with van der Waals surface area (Å²) in [6.45, 7) is 0. The Morgan fingerprint density at radius 2 is 1.59 bits per heavy atom. The average molecular weight is 306 g/mol. The van der Waals surface area contributed by atoms with Gasteiger partial charge >= 0.3 is 6.18 Å². The van der Waals surface area contributed by atoms with Crippen molar-refractivity contribution < 1.29 is 22.7 Å². The average Bonchev–Trinajstić information content (AvgIpc) is 2.52. The first-order chi connectivity index (χ1) is 10.4. The molecular weight excluding hydrogens is 293 g/mol. The quantitative estimate of drug-likeness (QED) is 0.613. The second kappa shape index (κ2) is 6.47. The van der Waals surface area contributed by atoms with Crippen molar-refractivity contribution in [2.24, 2.45) is 0 Å². The number of hydrogen-bond donors (Lipinski definition) is 0. The standard InChI is InChI=1S/C17H13F3O2/c1-22-14-9-7-13(8-10-14)16(21)15(17(18,19)20)11-12-5-3-2-4-6-12/h2-11H,1H3/b15-11+. The molecule has 0 radical (unpaired) electrons. The number of alkyl halides is 3. The fourth-order valence-corrected chi connectivity index (χ4v) is 1.89. The molecule has 0 spiro atoms. The van der Waals surface area contributed by atoms with E-state index < -0.39 is 17.5 Å². The van der Waals surface area contributed by atoms with E-state index in [0.29, 0.717) is 11.3 Å². The highest BCUT2D eigenvalue weighted by molar-refractivity contribution is 6.12. The molecule has 0 atom stereocenters. The van der Waals surface area contributed by atoms with Crippen LogP contribution in [0.25, 0.3) is 6.08 Å². The van der Waals surface area contributed by atoms with Gasteiger partial charge in [0.05, 0.1) is 7.11 Å². The van der Waals surface area contributed by atoms with E-state index in [1.807, 2.05) is 0 Å². The molecule has 0 fully saturated rings. The van der Waals surface area contributed by atoms with Crippen LogP contribution in [-0.2, 0) is 0 Å². The lowest BCUT2D eigenvalue weighted by molar-refractivity contribution is -0.0878. The number of rotatable bonds is 4. The highest BCUT2D eigenvalue weighted by Gasteiger charge is 2.38. The maximum Gasteiger partial charge on any atom is 0.420 e. The van der Waals surface area contributed by atoms with Gasteiger partial charge in [-0.05, 0) is 35.9 Å². The molecule has 22 heavy (non-hydrogen) atoms. The maximum absolute atomic E-state index is 13.2. The molecule has 2 aromatic carbocycles. The number of halogens is 3. The fraction of sp³-hybridized carbons (Fsp3) is 0.118. The van der Waals surface area contributed by atoms with E-state index in [1.165, 1.54) is 43.5 Å². The summed E-state index contributed by atoms with van der Waals surface area (Å²) in [7, 11) is 1.44. The van der Waals surface area contributed by atoms with Crippen LogP contribution < -0.4 is 4.74 Å². The largest absolute Gasteiger partial charge is 0.497 e. The Labute approximate surface area is 125 Å². The third-order valence-electron chi connectivity index (χ3n) is 3.01. The molecule has 114 valence electrons. The third-order valence-corrected chi connectivity index (χ3v) is 3.01. The Kier molecular flexibility index (Phi) is 4.65. The molecule has 2 nitrogen and oxygen atoms in total. The Morgan fingerprint density at radius 3 is 2.09 bits per heavy atom. The summed E-state index contributed by atoms with van der Waals surface area (Å²) in [5, 5.41) is 0. The molecule has 0 unspecified atom stereocenters. The number of carbonyl (C=O) groups excluding carboxylic acids is 1. The lowest BCUT2D eigenvalue weighted by atomic mass is 10.0. The monoisotopic (exact) mass is 306 g/mol. The Morgan fingerprint density at radius 1 is 1.00 bits per heavy atom. The predicted octanol–water partition coefficient (Wildman–Crippen LogP) is 4.52. The Hall–Kier alpha value is -2.56. The summed E-state index contributed by atoms with van der Waals surface area (Å²) in [6, 6.07) is 13.4. The van der Waals surface area contributed by atoms with Crippen molar-refractivity contribution in [1.82, 2.24) is 0 Å². The molecule has 0 amide bonds. The fourth-order valence-electron chi connectivity index (χ4n) is 1.89. The van der Waals surface area contributed by atoms with Crippen molar-refractivity contribution in [2.45, 2.75) is 6.18 Å². The summed E-state index contributed by atoms with van der Waals surface area (Å²) in [4.78, 5) is 12.2. The van der Waals surface area contributed by atoms with Crippen LogP contribution in [0.4, 0.5) is 13.2 Å². The first-order valence-corrected chi connectivity index (χ1v) is 6.44. The summed E-state index contributed by atoms with van der Waals surface area (Å²) in [5.41, 5.74) is -0.930. The van der Waals surface area contributed by atoms with E-state index in [2.05, 4.69) is 0 Å². The van der Waals surface area contributed by atoms with E-state index in [-0.39, 0.29) is 5.56 Å².